The van der Waals surface area contributed by atoms with Gasteiger partial charge in [0.2, 0.25) is 5.50 Å². The molecule has 14 heavy (non-hydrogen) atoms. The lowest BCUT2D eigenvalue weighted by Crippen LogP contribution is -2.12. The van der Waals surface area contributed by atoms with Crippen molar-refractivity contribution >= 4 is 11.1 Å². The Kier molecular flexibility index (Phi) is 2.85. The lowest BCUT2D eigenvalue weighted by molar-refractivity contribution is -0.142. The number of aromatic nitrogens is 3. The van der Waals surface area contributed by atoms with Crippen LogP contribution < -0.4 is 0 Å². The van der Waals surface area contributed by atoms with E-state index in [1.54, 1.807) is 0 Å². The Labute approximate surface area is 76.8 Å². The highest BCUT2D eigenvalue weighted by atomic mass is 32.2. The predicted octanol–water partition coefficient (Wildman–Crippen LogP) is 1.01. The maximum atomic E-state index is 12.7. The molecule has 0 aromatic carbocycles. The van der Waals surface area contributed by atoms with Gasteiger partial charge >= 0.3 is 6.18 Å². The quantitative estimate of drug-likeness (QED) is 0.590. The second kappa shape index (κ2) is 3.61. The zero-order chi connectivity index (χ0) is 10.9. The third-order valence-corrected chi connectivity index (χ3v) is 1.81. The molecule has 1 aromatic rings. The van der Waals surface area contributed by atoms with Crippen LogP contribution in [0.5, 0.6) is 0 Å². The van der Waals surface area contributed by atoms with Gasteiger partial charge in [-0.2, -0.15) is 28.6 Å². The average molecular weight is 233 g/mol. The van der Waals surface area contributed by atoms with Crippen LogP contribution in [0.3, 0.4) is 0 Å². The van der Waals surface area contributed by atoms with Crippen LogP contribution in [0.2, 0.25) is 0 Å². The van der Waals surface area contributed by atoms with Crippen molar-refractivity contribution in [1.29, 1.82) is 0 Å². The van der Waals surface area contributed by atoms with E-state index in [1.807, 2.05) is 0 Å². The van der Waals surface area contributed by atoms with Crippen molar-refractivity contribution < 1.29 is 26.3 Å². The van der Waals surface area contributed by atoms with Crippen LogP contribution in [-0.2, 0) is 17.3 Å². The minimum atomic E-state index is -4.91. The van der Waals surface area contributed by atoms with Crippen LogP contribution in [0.1, 0.15) is 16.9 Å². The molecule has 0 aliphatic rings. The van der Waals surface area contributed by atoms with Crippen LogP contribution >= 0.6 is 0 Å². The first-order chi connectivity index (χ1) is 6.34. The van der Waals surface area contributed by atoms with E-state index in [9.17, 15) is 21.8 Å². The Bertz CT molecular complexity index is 351. The topological polar surface area (TPSA) is 78.9 Å². The van der Waals surface area contributed by atoms with E-state index >= 15 is 0 Å². The fourth-order valence-corrected chi connectivity index (χ4v) is 1.06. The van der Waals surface area contributed by atoms with Crippen molar-refractivity contribution in [3.63, 3.8) is 0 Å². The van der Waals surface area contributed by atoms with E-state index in [1.165, 1.54) is 5.21 Å². The van der Waals surface area contributed by atoms with Crippen molar-refractivity contribution in [2.75, 3.05) is 0 Å². The third-order valence-electron chi connectivity index (χ3n) is 1.24. The van der Waals surface area contributed by atoms with Gasteiger partial charge < -0.3 is 4.55 Å². The fraction of sp³-hybridized carbons (Fsp3) is 0.500. The molecule has 80 valence electrons. The summed E-state index contributed by atoms with van der Waals surface area (Å²) in [7, 11) is 0. The molecule has 0 saturated heterocycles. The molecule has 1 rings (SSSR count). The molecule has 0 amide bonds. The lowest BCUT2D eigenvalue weighted by atomic mass is 10.3. The van der Waals surface area contributed by atoms with E-state index in [-0.39, 0.29) is 0 Å². The first-order valence-corrected chi connectivity index (χ1v) is 4.22. The van der Waals surface area contributed by atoms with Gasteiger partial charge in [0.15, 0.2) is 16.8 Å². The van der Waals surface area contributed by atoms with Gasteiger partial charge in [-0.15, -0.1) is 0 Å². The van der Waals surface area contributed by atoms with E-state index in [0.29, 0.717) is 0 Å². The van der Waals surface area contributed by atoms with Crippen LogP contribution in [0.25, 0.3) is 0 Å². The van der Waals surface area contributed by atoms with E-state index in [0.717, 1.165) is 0 Å². The summed E-state index contributed by atoms with van der Waals surface area (Å²) in [6.07, 6.45) is -4.91. The molecule has 1 heterocycles. The van der Waals surface area contributed by atoms with Gasteiger partial charge in [-0.3, -0.25) is 0 Å². The molecule has 0 aliphatic carbocycles. The monoisotopic (exact) mass is 233 g/mol. The Morgan fingerprint density at radius 2 is 2.00 bits per heavy atom. The number of H-pyrrole nitrogens is 1. The average Bonchev–Trinajstić information content (AvgIpc) is 2.48. The third kappa shape index (κ3) is 2.07. The molecular formula is C4H3F4N3O2S. The van der Waals surface area contributed by atoms with Gasteiger partial charge in [0, 0.05) is 0 Å². The molecular weight excluding hydrogens is 230 g/mol. The van der Waals surface area contributed by atoms with Gasteiger partial charge in [0.25, 0.3) is 0 Å². The van der Waals surface area contributed by atoms with Gasteiger partial charge in [-0.25, -0.2) is 8.60 Å². The lowest BCUT2D eigenvalue weighted by Gasteiger charge is -2.05. The van der Waals surface area contributed by atoms with Crippen LogP contribution in [0.4, 0.5) is 17.6 Å². The highest BCUT2D eigenvalue weighted by Crippen LogP contribution is 2.33. The molecule has 0 saturated carbocycles. The first kappa shape index (κ1) is 11.0. The fourth-order valence-electron chi connectivity index (χ4n) is 0.701. The van der Waals surface area contributed by atoms with Crippen molar-refractivity contribution in [3.05, 3.63) is 11.4 Å². The van der Waals surface area contributed by atoms with E-state index < -0.39 is 34.1 Å². The molecule has 2 N–H and O–H groups in total. The maximum absolute atomic E-state index is 12.7. The van der Waals surface area contributed by atoms with Crippen molar-refractivity contribution in [2.24, 2.45) is 0 Å². The number of rotatable bonds is 2. The summed E-state index contributed by atoms with van der Waals surface area (Å²) in [5.41, 5.74) is -5.59. The second-order valence-corrected chi connectivity index (χ2v) is 3.11. The zero-order valence-corrected chi connectivity index (χ0v) is 7.06. The molecule has 1 aromatic heterocycles. The first-order valence-electron chi connectivity index (χ1n) is 3.05. The molecule has 5 nitrogen and oxygen atoms in total. The molecule has 0 bridgehead atoms. The Morgan fingerprint density at radius 3 is 2.43 bits per heavy atom. The predicted molar refractivity (Wildman–Crippen MR) is 36.0 cm³/mol. The molecule has 0 fully saturated rings. The Hall–Kier alpha value is -1.03. The zero-order valence-electron chi connectivity index (χ0n) is 6.25. The number of nitrogens with one attached hydrogen (secondary N) is 1. The molecule has 2 unspecified atom stereocenters. The highest BCUT2D eigenvalue weighted by Gasteiger charge is 2.41. The van der Waals surface area contributed by atoms with Crippen LogP contribution in [-0.4, -0.2) is 24.2 Å². The molecule has 10 heteroatoms. The summed E-state index contributed by atoms with van der Waals surface area (Å²) in [6, 6.07) is 0. The summed E-state index contributed by atoms with van der Waals surface area (Å²) in [6.45, 7) is 0. The largest absolute Gasteiger partial charge is 0.437 e. The number of nitrogens with zero attached hydrogens (tertiary/aromatic N) is 2. The highest BCUT2D eigenvalue weighted by molar-refractivity contribution is 7.79. The molecule has 2 atom stereocenters. The second-order valence-electron chi connectivity index (χ2n) is 2.15. The molecule has 0 spiro atoms. The van der Waals surface area contributed by atoms with E-state index in [2.05, 4.69) is 10.2 Å². The Morgan fingerprint density at radius 1 is 1.43 bits per heavy atom. The van der Waals surface area contributed by atoms with Gasteiger partial charge in [-0.1, -0.05) is 0 Å². The summed E-state index contributed by atoms with van der Waals surface area (Å²) < 4.78 is 67.2. The number of hydrogen-bond donors (Lipinski definition) is 2. The van der Waals surface area contributed by atoms with Crippen LogP contribution in [0, 0.1) is 0 Å². The van der Waals surface area contributed by atoms with Crippen molar-refractivity contribution in [3.8, 4) is 0 Å². The number of hydrogen-bond acceptors (Lipinski definition) is 3. The summed E-state index contributed by atoms with van der Waals surface area (Å²) in [5.74, 6) is 0. The summed E-state index contributed by atoms with van der Waals surface area (Å²) in [5, 5.41) is 7.00. The Balaban J connectivity index is 3.11. The summed E-state index contributed by atoms with van der Waals surface area (Å²) in [4.78, 5) is 0. The number of alkyl halides is 4. The van der Waals surface area contributed by atoms with Crippen LogP contribution in [0.15, 0.2) is 0 Å². The minimum Gasteiger partial charge on any atom is -0.304 e. The smallest absolute Gasteiger partial charge is 0.304 e. The van der Waals surface area contributed by atoms with Gasteiger partial charge in [-0.05, 0) is 0 Å². The van der Waals surface area contributed by atoms with Gasteiger partial charge in [0.05, 0.1) is 0 Å². The minimum absolute atomic E-state index is 1.22. The molecule has 0 aliphatic heterocycles. The van der Waals surface area contributed by atoms with Gasteiger partial charge in [0.1, 0.15) is 5.69 Å². The van der Waals surface area contributed by atoms with E-state index in [4.69, 9.17) is 4.55 Å². The SMILES string of the molecule is O=S(O)C(F)c1n[nH]nc1C(F)(F)F. The standard InChI is InChI=1S/C4H3F4N3O2S/c5-3(14(12)13)1-2(4(6,7)8)10-11-9-1/h3H,(H,12,13)(H,9,10,11). The number of aromatic amines is 1. The maximum Gasteiger partial charge on any atom is 0.437 e. The normalized spacial score (nSPS) is 16.6. The summed E-state index contributed by atoms with van der Waals surface area (Å²) >= 11 is -3.07. The number of halogens is 4. The van der Waals surface area contributed by atoms with Crippen molar-refractivity contribution in [2.45, 2.75) is 11.7 Å². The molecule has 0 radical (unpaired) electrons. The van der Waals surface area contributed by atoms with Crippen molar-refractivity contribution in [1.82, 2.24) is 15.4 Å².